The zero-order valence-corrected chi connectivity index (χ0v) is 11.0. The summed E-state index contributed by atoms with van der Waals surface area (Å²) >= 11 is 5.89. The molecule has 0 atom stereocenters. The van der Waals surface area contributed by atoms with Crippen LogP contribution in [0.5, 0.6) is 5.75 Å². The molecule has 2 aromatic rings. The highest BCUT2D eigenvalue weighted by Crippen LogP contribution is 2.33. The van der Waals surface area contributed by atoms with Crippen LogP contribution in [0.15, 0.2) is 27.9 Å². The van der Waals surface area contributed by atoms with Gasteiger partial charge in [0.05, 0.1) is 0 Å². The Kier molecular flexibility index (Phi) is 3.18. The van der Waals surface area contributed by atoms with E-state index in [0.29, 0.717) is 23.1 Å². The second kappa shape index (κ2) is 4.50. The van der Waals surface area contributed by atoms with Crippen LogP contribution in [0.2, 0.25) is 5.02 Å². The molecule has 0 radical (unpaired) electrons. The smallest absolute Gasteiger partial charge is 0.355 e. The van der Waals surface area contributed by atoms with Gasteiger partial charge in [-0.05, 0) is 37.5 Å². The number of phenolic OH excluding ortho intramolecular Hbond substituents is 1. The zero-order chi connectivity index (χ0) is 13.4. The third kappa shape index (κ3) is 1.81. The normalized spacial score (nSPS) is 10.8. The Labute approximate surface area is 109 Å². The SMILES string of the molecule is C=CCc1cc2c(C)c(Cl)c(=O)oc2c(C)c1O. The van der Waals surface area contributed by atoms with Crippen LogP contribution in [-0.2, 0) is 6.42 Å². The van der Waals surface area contributed by atoms with E-state index in [0.717, 1.165) is 10.9 Å². The Morgan fingerprint density at radius 1 is 1.44 bits per heavy atom. The van der Waals surface area contributed by atoms with Crippen LogP contribution in [0.1, 0.15) is 16.7 Å². The number of benzene rings is 1. The maximum Gasteiger partial charge on any atom is 0.355 e. The summed E-state index contributed by atoms with van der Waals surface area (Å²) in [6, 6.07) is 1.78. The lowest BCUT2D eigenvalue weighted by atomic mass is 10.0. The maximum absolute atomic E-state index is 11.5. The molecule has 1 heterocycles. The van der Waals surface area contributed by atoms with Gasteiger partial charge in [0, 0.05) is 10.9 Å². The van der Waals surface area contributed by atoms with Crippen molar-refractivity contribution in [3.05, 3.63) is 50.9 Å². The predicted molar refractivity (Wildman–Crippen MR) is 72.5 cm³/mol. The van der Waals surface area contributed by atoms with E-state index in [9.17, 15) is 9.90 Å². The van der Waals surface area contributed by atoms with Gasteiger partial charge in [0.25, 0.3) is 0 Å². The molecule has 1 aromatic heterocycles. The Bertz CT molecular complexity index is 698. The molecule has 0 spiro atoms. The van der Waals surface area contributed by atoms with Gasteiger partial charge < -0.3 is 9.52 Å². The summed E-state index contributed by atoms with van der Waals surface area (Å²) in [5, 5.41) is 10.9. The number of allylic oxidation sites excluding steroid dienone is 1. The number of rotatable bonds is 2. The van der Waals surface area contributed by atoms with Crippen molar-refractivity contribution in [1.82, 2.24) is 0 Å². The van der Waals surface area contributed by atoms with E-state index < -0.39 is 5.63 Å². The zero-order valence-electron chi connectivity index (χ0n) is 10.2. The number of fused-ring (bicyclic) bond motifs is 1. The van der Waals surface area contributed by atoms with Crippen molar-refractivity contribution >= 4 is 22.6 Å². The molecule has 1 aromatic carbocycles. The largest absolute Gasteiger partial charge is 0.507 e. The van der Waals surface area contributed by atoms with E-state index in [2.05, 4.69) is 6.58 Å². The van der Waals surface area contributed by atoms with Crippen molar-refractivity contribution in [2.24, 2.45) is 0 Å². The van der Waals surface area contributed by atoms with Gasteiger partial charge in [-0.3, -0.25) is 0 Å². The van der Waals surface area contributed by atoms with E-state index in [-0.39, 0.29) is 10.8 Å². The lowest BCUT2D eigenvalue weighted by Gasteiger charge is -2.10. The summed E-state index contributed by atoms with van der Waals surface area (Å²) in [6.07, 6.45) is 2.25. The molecule has 1 N–H and O–H groups in total. The number of hydrogen-bond donors (Lipinski definition) is 1. The molecule has 0 unspecified atom stereocenters. The second-order valence-electron chi connectivity index (χ2n) is 4.21. The lowest BCUT2D eigenvalue weighted by molar-refractivity contribution is 0.463. The van der Waals surface area contributed by atoms with Crippen LogP contribution in [0.4, 0.5) is 0 Å². The van der Waals surface area contributed by atoms with Crippen molar-refractivity contribution in [3.8, 4) is 5.75 Å². The number of phenols is 1. The van der Waals surface area contributed by atoms with Gasteiger partial charge >= 0.3 is 5.63 Å². The molecule has 3 nitrogen and oxygen atoms in total. The van der Waals surface area contributed by atoms with E-state index in [1.807, 2.05) is 0 Å². The fourth-order valence-corrected chi connectivity index (χ4v) is 2.13. The minimum absolute atomic E-state index is 0.0807. The molecule has 0 saturated heterocycles. The maximum atomic E-state index is 11.5. The first-order valence-corrected chi connectivity index (χ1v) is 5.90. The predicted octanol–water partition coefficient (Wildman–Crippen LogP) is 3.50. The molecule has 0 saturated carbocycles. The molecule has 2 rings (SSSR count). The summed E-state index contributed by atoms with van der Waals surface area (Å²) in [6.45, 7) is 7.12. The number of hydrogen-bond acceptors (Lipinski definition) is 3. The van der Waals surface area contributed by atoms with Crippen LogP contribution in [0.25, 0.3) is 11.0 Å². The molecule has 94 valence electrons. The average molecular weight is 265 g/mol. The van der Waals surface area contributed by atoms with Crippen LogP contribution < -0.4 is 5.63 Å². The Morgan fingerprint density at radius 3 is 2.72 bits per heavy atom. The molecule has 0 aliphatic carbocycles. The summed E-state index contributed by atoms with van der Waals surface area (Å²) < 4.78 is 5.14. The molecule has 0 fully saturated rings. The highest BCUT2D eigenvalue weighted by Gasteiger charge is 2.15. The third-order valence-electron chi connectivity index (χ3n) is 3.03. The van der Waals surface area contributed by atoms with Crippen molar-refractivity contribution in [2.75, 3.05) is 0 Å². The van der Waals surface area contributed by atoms with Gasteiger partial charge in [-0.2, -0.15) is 0 Å². The van der Waals surface area contributed by atoms with Crippen molar-refractivity contribution in [1.29, 1.82) is 0 Å². The van der Waals surface area contributed by atoms with Crippen molar-refractivity contribution in [3.63, 3.8) is 0 Å². The monoisotopic (exact) mass is 264 g/mol. The number of aromatic hydroxyl groups is 1. The minimum atomic E-state index is -0.583. The Morgan fingerprint density at radius 2 is 2.11 bits per heavy atom. The highest BCUT2D eigenvalue weighted by atomic mass is 35.5. The van der Waals surface area contributed by atoms with Crippen LogP contribution in [0, 0.1) is 13.8 Å². The average Bonchev–Trinajstić information content (AvgIpc) is 2.35. The van der Waals surface area contributed by atoms with E-state index in [1.54, 1.807) is 26.0 Å². The first-order chi connectivity index (χ1) is 8.47. The van der Waals surface area contributed by atoms with Gasteiger partial charge in [-0.25, -0.2) is 4.79 Å². The summed E-state index contributed by atoms with van der Waals surface area (Å²) in [7, 11) is 0. The van der Waals surface area contributed by atoms with Crippen LogP contribution in [-0.4, -0.2) is 5.11 Å². The summed E-state index contributed by atoms with van der Waals surface area (Å²) in [4.78, 5) is 11.5. The molecular formula is C14H13ClO3. The van der Waals surface area contributed by atoms with Crippen molar-refractivity contribution < 1.29 is 9.52 Å². The third-order valence-corrected chi connectivity index (χ3v) is 3.47. The van der Waals surface area contributed by atoms with Crippen LogP contribution in [0.3, 0.4) is 0 Å². The molecule has 0 amide bonds. The van der Waals surface area contributed by atoms with E-state index in [1.165, 1.54) is 0 Å². The van der Waals surface area contributed by atoms with Gasteiger partial charge in [0.15, 0.2) is 0 Å². The molecule has 4 heteroatoms. The molecular weight excluding hydrogens is 252 g/mol. The molecule has 0 aliphatic rings. The molecule has 18 heavy (non-hydrogen) atoms. The minimum Gasteiger partial charge on any atom is -0.507 e. The fourth-order valence-electron chi connectivity index (χ4n) is 1.99. The molecule has 0 aliphatic heterocycles. The molecule has 0 bridgehead atoms. The van der Waals surface area contributed by atoms with E-state index in [4.69, 9.17) is 16.0 Å². The second-order valence-corrected chi connectivity index (χ2v) is 4.59. The van der Waals surface area contributed by atoms with Gasteiger partial charge in [-0.15, -0.1) is 6.58 Å². The van der Waals surface area contributed by atoms with Gasteiger partial charge in [-0.1, -0.05) is 17.7 Å². The first kappa shape index (κ1) is 12.7. The quantitative estimate of drug-likeness (QED) is 0.667. The summed E-state index contributed by atoms with van der Waals surface area (Å²) in [5.74, 6) is 0.132. The van der Waals surface area contributed by atoms with E-state index >= 15 is 0 Å². The highest BCUT2D eigenvalue weighted by molar-refractivity contribution is 6.31. The fraction of sp³-hybridized carbons (Fsp3) is 0.214. The van der Waals surface area contributed by atoms with Crippen molar-refractivity contribution in [2.45, 2.75) is 20.3 Å². The first-order valence-electron chi connectivity index (χ1n) is 5.52. The number of aryl methyl sites for hydroxylation is 2. The van der Waals surface area contributed by atoms with Crippen LogP contribution >= 0.6 is 11.6 Å². The standard InChI is InChI=1S/C14H13ClO3/c1-4-5-9-6-10-7(2)11(15)14(17)18-13(10)8(3)12(9)16/h4,6,16H,1,5H2,2-3H3. The summed E-state index contributed by atoms with van der Waals surface area (Å²) in [5.41, 5.74) is 1.74. The van der Waals surface area contributed by atoms with Gasteiger partial charge in [0.1, 0.15) is 16.4 Å². The Balaban J connectivity index is 2.95. The van der Waals surface area contributed by atoms with Gasteiger partial charge in [0.2, 0.25) is 0 Å². The Hall–Kier alpha value is -1.74. The topological polar surface area (TPSA) is 50.4 Å². The number of halogens is 1. The lowest BCUT2D eigenvalue weighted by Crippen LogP contribution is -2.03.